The predicted molar refractivity (Wildman–Crippen MR) is 77.9 cm³/mol. The van der Waals surface area contributed by atoms with E-state index in [1.807, 2.05) is 19.1 Å². The Balaban J connectivity index is 2.12. The van der Waals surface area contributed by atoms with E-state index in [0.717, 1.165) is 18.1 Å². The molecule has 1 aromatic carbocycles. The molecule has 0 aliphatic carbocycles. The van der Waals surface area contributed by atoms with Gasteiger partial charge in [0.05, 0.1) is 6.54 Å². The van der Waals surface area contributed by atoms with Gasteiger partial charge in [-0.2, -0.15) is 0 Å². The first-order valence-electron chi connectivity index (χ1n) is 6.62. The van der Waals surface area contributed by atoms with E-state index in [-0.39, 0.29) is 6.04 Å². The maximum atomic E-state index is 5.94. The van der Waals surface area contributed by atoms with Crippen molar-refractivity contribution < 1.29 is 4.42 Å². The molecular formula is C16H22N2O. The van der Waals surface area contributed by atoms with Gasteiger partial charge in [-0.3, -0.25) is 4.90 Å². The molecule has 3 nitrogen and oxygen atoms in total. The molecule has 2 rings (SSSR count). The lowest BCUT2D eigenvalue weighted by Crippen LogP contribution is -2.30. The van der Waals surface area contributed by atoms with E-state index in [2.05, 4.69) is 43.1 Å². The van der Waals surface area contributed by atoms with E-state index in [1.165, 1.54) is 11.1 Å². The number of aryl methyl sites for hydroxylation is 2. The molecule has 0 saturated heterocycles. The first-order chi connectivity index (χ1) is 9.10. The molecule has 0 bridgehead atoms. The monoisotopic (exact) mass is 258 g/mol. The molecular weight excluding hydrogens is 236 g/mol. The largest absolute Gasteiger partial charge is 0.465 e. The van der Waals surface area contributed by atoms with Crippen LogP contribution in [0.2, 0.25) is 0 Å². The summed E-state index contributed by atoms with van der Waals surface area (Å²) < 4.78 is 5.63. The summed E-state index contributed by atoms with van der Waals surface area (Å²) in [7, 11) is 2.08. The van der Waals surface area contributed by atoms with Crippen molar-refractivity contribution >= 4 is 0 Å². The molecule has 0 aliphatic heterocycles. The summed E-state index contributed by atoms with van der Waals surface area (Å²) in [5, 5.41) is 0. The van der Waals surface area contributed by atoms with E-state index in [1.54, 1.807) is 0 Å². The van der Waals surface area contributed by atoms with Gasteiger partial charge in [0.2, 0.25) is 0 Å². The molecule has 0 fully saturated rings. The second-order valence-corrected chi connectivity index (χ2v) is 5.09. The standard InChI is InChI=1S/C16H22N2O/c1-12-5-4-6-14(9-12)16(10-17)18(3)11-15-8-7-13(2)19-15/h4-9,16H,10-11,17H2,1-3H3. The highest BCUT2D eigenvalue weighted by Crippen LogP contribution is 2.21. The number of nitrogens with two attached hydrogens (primary N) is 1. The molecule has 0 amide bonds. The summed E-state index contributed by atoms with van der Waals surface area (Å²) in [6, 6.07) is 12.7. The van der Waals surface area contributed by atoms with Crippen LogP contribution in [-0.2, 0) is 6.54 Å². The summed E-state index contributed by atoms with van der Waals surface area (Å²) in [6.07, 6.45) is 0. The normalized spacial score (nSPS) is 12.9. The Bertz CT molecular complexity index is 533. The van der Waals surface area contributed by atoms with E-state index in [9.17, 15) is 0 Å². The number of benzene rings is 1. The van der Waals surface area contributed by atoms with Crippen molar-refractivity contribution in [1.29, 1.82) is 0 Å². The first-order valence-corrected chi connectivity index (χ1v) is 6.62. The summed E-state index contributed by atoms with van der Waals surface area (Å²) >= 11 is 0. The summed E-state index contributed by atoms with van der Waals surface area (Å²) in [4.78, 5) is 2.23. The van der Waals surface area contributed by atoms with E-state index < -0.39 is 0 Å². The predicted octanol–water partition coefficient (Wildman–Crippen LogP) is 3.03. The summed E-state index contributed by atoms with van der Waals surface area (Å²) in [6.45, 7) is 5.43. The Morgan fingerprint density at radius 3 is 2.58 bits per heavy atom. The molecule has 3 heteroatoms. The third-order valence-corrected chi connectivity index (χ3v) is 3.38. The van der Waals surface area contributed by atoms with Crippen LogP contribution in [0.5, 0.6) is 0 Å². The van der Waals surface area contributed by atoms with Gasteiger partial charge >= 0.3 is 0 Å². The van der Waals surface area contributed by atoms with Crippen LogP contribution in [0.3, 0.4) is 0 Å². The van der Waals surface area contributed by atoms with Gasteiger partial charge < -0.3 is 10.2 Å². The van der Waals surface area contributed by atoms with E-state index in [0.29, 0.717) is 6.54 Å². The average molecular weight is 258 g/mol. The Morgan fingerprint density at radius 2 is 2.00 bits per heavy atom. The minimum atomic E-state index is 0.213. The fraction of sp³-hybridized carbons (Fsp3) is 0.375. The van der Waals surface area contributed by atoms with Gasteiger partial charge in [-0.05, 0) is 38.6 Å². The van der Waals surface area contributed by atoms with Crippen LogP contribution in [0.25, 0.3) is 0 Å². The highest BCUT2D eigenvalue weighted by atomic mass is 16.3. The average Bonchev–Trinajstić information content (AvgIpc) is 2.75. The van der Waals surface area contributed by atoms with Crippen molar-refractivity contribution in [2.75, 3.05) is 13.6 Å². The van der Waals surface area contributed by atoms with Crippen LogP contribution >= 0.6 is 0 Å². The van der Waals surface area contributed by atoms with E-state index >= 15 is 0 Å². The lowest BCUT2D eigenvalue weighted by atomic mass is 10.0. The Kier molecular flexibility index (Phi) is 4.40. The minimum absolute atomic E-state index is 0.213. The molecule has 0 aliphatic rings. The fourth-order valence-electron chi connectivity index (χ4n) is 2.37. The maximum absolute atomic E-state index is 5.94. The van der Waals surface area contributed by atoms with Crippen LogP contribution < -0.4 is 5.73 Å². The zero-order valence-electron chi connectivity index (χ0n) is 11.9. The number of hydrogen-bond acceptors (Lipinski definition) is 3. The van der Waals surface area contributed by atoms with Crippen molar-refractivity contribution in [3.05, 3.63) is 59.0 Å². The SMILES string of the molecule is Cc1cccc(C(CN)N(C)Cc2ccc(C)o2)c1. The summed E-state index contributed by atoms with van der Waals surface area (Å²) in [5.74, 6) is 1.93. The molecule has 1 unspecified atom stereocenters. The highest BCUT2D eigenvalue weighted by molar-refractivity contribution is 5.25. The van der Waals surface area contributed by atoms with Crippen molar-refractivity contribution in [2.45, 2.75) is 26.4 Å². The van der Waals surface area contributed by atoms with Crippen molar-refractivity contribution in [3.8, 4) is 0 Å². The van der Waals surface area contributed by atoms with Crippen molar-refractivity contribution in [3.63, 3.8) is 0 Å². The number of rotatable bonds is 5. The quantitative estimate of drug-likeness (QED) is 0.896. The highest BCUT2D eigenvalue weighted by Gasteiger charge is 2.16. The van der Waals surface area contributed by atoms with Gasteiger partial charge in [0, 0.05) is 12.6 Å². The topological polar surface area (TPSA) is 42.4 Å². The molecule has 1 heterocycles. The Morgan fingerprint density at radius 1 is 1.21 bits per heavy atom. The fourth-order valence-corrected chi connectivity index (χ4v) is 2.37. The molecule has 1 atom stereocenters. The van der Waals surface area contributed by atoms with Crippen LogP contribution in [-0.4, -0.2) is 18.5 Å². The zero-order valence-corrected chi connectivity index (χ0v) is 11.9. The third kappa shape index (κ3) is 3.46. The van der Waals surface area contributed by atoms with Gasteiger partial charge in [0.15, 0.2) is 0 Å². The Labute approximate surface area is 115 Å². The number of nitrogens with zero attached hydrogens (tertiary/aromatic N) is 1. The lowest BCUT2D eigenvalue weighted by molar-refractivity contribution is 0.221. The number of likely N-dealkylation sites (N-methyl/N-ethyl adjacent to an activating group) is 1. The van der Waals surface area contributed by atoms with Gasteiger partial charge in [0.1, 0.15) is 11.5 Å². The van der Waals surface area contributed by atoms with Gasteiger partial charge in [0.25, 0.3) is 0 Å². The lowest BCUT2D eigenvalue weighted by Gasteiger charge is -2.26. The summed E-state index contributed by atoms with van der Waals surface area (Å²) in [5.41, 5.74) is 8.46. The molecule has 102 valence electrons. The Hall–Kier alpha value is -1.58. The maximum Gasteiger partial charge on any atom is 0.118 e. The molecule has 19 heavy (non-hydrogen) atoms. The van der Waals surface area contributed by atoms with E-state index in [4.69, 9.17) is 10.2 Å². The molecule has 0 spiro atoms. The van der Waals surface area contributed by atoms with Crippen molar-refractivity contribution in [2.24, 2.45) is 5.73 Å². The first kappa shape index (κ1) is 13.8. The third-order valence-electron chi connectivity index (χ3n) is 3.38. The molecule has 0 saturated carbocycles. The molecule has 2 N–H and O–H groups in total. The number of hydrogen-bond donors (Lipinski definition) is 1. The zero-order chi connectivity index (χ0) is 13.8. The smallest absolute Gasteiger partial charge is 0.118 e. The van der Waals surface area contributed by atoms with Crippen LogP contribution in [0, 0.1) is 13.8 Å². The van der Waals surface area contributed by atoms with Gasteiger partial charge in [-0.1, -0.05) is 29.8 Å². The molecule has 2 aromatic rings. The second-order valence-electron chi connectivity index (χ2n) is 5.09. The number of furan rings is 1. The van der Waals surface area contributed by atoms with Gasteiger partial charge in [-0.25, -0.2) is 0 Å². The minimum Gasteiger partial charge on any atom is -0.465 e. The van der Waals surface area contributed by atoms with Crippen LogP contribution in [0.1, 0.15) is 28.7 Å². The second kappa shape index (κ2) is 6.04. The van der Waals surface area contributed by atoms with Gasteiger partial charge in [-0.15, -0.1) is 0 Å². The molecule has 1 aromatic heterocycles. The van der Waals surface area contributed by atoms with Crippen molar-refractivity contribution in [1.82, 2.24) is 4.90 Å². The molecule has 0 radical (unpaired) electrons. The van der Waals surface area contributed by atoms with Crippen LogP contribution in [0.15, 0.2) is 40.8 Å². The van der Waals surface area contributed by atoms with Crippen LogP contribution in [0.4, 0.5) is 0 Å².